The highest BCUT2D eigenvalue weighted by Gasteiger charge is 2.25. The van der Waals surface area contributed by atoms with E-state index in [1.54, 1.807) is 6.08 Å². The van der Waals surface area contributed by atoms with Crippen LogP contribution in [0.2, 0.25) is 0 Å². The van der Waals surface area contributed by atoms with Crippen molar-refractivity contribution in [3.63, 3.8) is 0 Å². The van der Waals surface area contributed by atoms with E-state index in [9.17, 15) is 4.79 Å². The molecule has 0 spiro atoms. The van der Waals surface area contributed by atoms with Gasteiger partial charge < -0.3 is 4.74 Å². The standard InChI is InChI=1S/C19H18O2/c20-19-14-17(13-16-9-5-2-6-10-16)18(21-19)12-11-15-7-3-1-4-8-15/h1-10,14,18H,11-13H2. The molecule has 2 aromatic rings. The number of ether oxygens (including phenoxy) is 1. The lowest BCUT2D eigenvalue weighted by molar-refractivity contribution is -0.139. The average molecular weight is 278 g/mol. The molecule has 0 saturated carbocycles. The summed E-state index contributed by atoms with van der Waals surface area (Å²) in [5.41, 5.74) is 3.58. The van der Waals surface area contributed by atoms with Crippen molar-refractivity contribution in [3.05, 3.63) is 83.4 Å². The van der Waals surface area contributed by atoms with Crippen molar-refractivity contribution in [2.75, 3.05) is 0 Å². The van der Waals surface area contributed by atoms with E-state index in [0.717, 1.165) is 24.8 Å². The van der Waals surface area contributed by atoms with E-state index in [1.807, 2.05) is 36.4 Å². The third-order valence-corrected chi connectivity index (χ3v) is 3.76. The molecule has 1 heterocycles. The molecule has 1 aliphatic heterocycles. The van der Waals surface area contributed by atoms with Crippen LogP contribution in [0.4, 0.5) is 0 Å². The van der Waals surface area contributed by atoms with E-state index in [2.05, 4.69) is 24.3 Å². The lowest BCUT2D eigenvalue weighted by Crippen LogP contribution is -2.14. The Morgan fingerprint density at radius 3 is 2.14 bits per heavy atom. The Kier molecular flexibility index (Phi) is 4.15. The molecule has 0 aromatic heterocycles. The fourth-order valence-corrected chi connectivity index (χ4v) is 2.68. The normalized spacial score (nSPS) is 17.4. The minimum absolute atomic E-state index is 0.0853. The third kappa shape index (κ3) is 3.60. The molecule has 2 heteroatoms. The number of hydrogen-bond acceptors (Lipinski definition) is 2. The van der Waals surface area contributed by atoms with Crippen molar-refractivity contribution in [2.24, 2.45) is 0 Å². The number of carbonyl (C=O) groups excluding carboxylic acids is 1. The summed E-state index contributed by atoms with van der Waals surface area (Å²) in [4.78, 5) is 11.6. The quantitative estimate of drug-likeness (QED) is 0.779. The summed E-state index contributed by atoms with van der Waals surface area (Å²) < 4.78 is 5.44. The van der Waals surface area contributed by atoms with Crippen molar-refractivity contribution >= 4 is 5.97 Å². The Balaban J connectivity index is 1.64. The predicted octanol–water partition coefficient (Wildman–Crippen LogP) is 3.71. The van der Waals surface area contributed by atoms with E-state index in [-0.39, 0.29) is 12.1 Å². The first-order chi connectivity index (χ1) is 10.3. The molecular weight excluding hydrogens is 260 g/mol. The van der Waals surface area contributed by atoms with Gasteiger partial charge in [-0.2, -0.15) is 0 Å². The van der Waals surface area contributed by atoms with Gasteiger partial charge in [0.25, 0.3) is 0 Å². The Hall–Kier alpha value is -2.35. The fraction of sp³-hybridized carbons (Fsp3) is 0.211. The van der Waals surface area contributed by atoms with Gasteiger partial charge in [-0.1, -0.05) is 60.7 Å². The molecule has 2 nitrogen and oxygen atoms in total. The molecule has 106 valence electrons. The van der Waals surface area contributed by atoms with Crippen molar-refractivity contribution in [3.8, 4) is 0 Å². The number of rotatable bonds is 5. The van der Waals surface area contributed by atoms with Gasteiger partial charge in [-0.25, -0.2) is 4.79 Å². The van der Waals surface area contributed by atoms with E-state index in [0.29, 0.717) is 0 Å². The molecule has 21 heavy (non-hydrogen) atoms. The average Bonchev–Trinajstić information content (AvgIpc) is 2.87. The molecule has 0 fully saturated rings. The van der Waals surface area contributed by atoms with Crippen LogP contribution in [0.15, 0.2) is 72.3 Å². The molecule has 1 aliphatic rings. The minimum Gasteiger partial charge on any atom is -0.455 e. The van der Waals surface area contributed by atoms with Gasteiger partial charge in [0, 0.05) is 6.08 Å². The number of esters is 1. The van der Waals surface area contributed by atoms with E-state index >= 15 is 0 Å². The SMILES string of the molecule is O=C1C=C(Cc2ccccc2)C(CCc2ccccc2)O1. The Labute approximate surface area is 125 Å². The Bertz CT molecular complexity index is 629. The molecular formula is C19H18O2. The topological polar surface area (TPSA) is 26.3 Å². The highest BCUT2D eigenvalue weighted by molar-refractivity contribution is 5.86. The zero-order valence-electron chi connectivity index (χ0n) is 11.9. The molecule has 0 bridgehead atoms. The van der Waals surface area contributed by atoms with Gasteiger partial charge in [0.15, 0.2) is 0 Å². The second kappa shape index (κ2) is 6.40. The molecule has 2 aromatic carbocycles. The van der Waals surface area contributed by atoms with Gasteiger partial charge in [-0.15, -0.1) is 0 Å². The third-order valence-electron chi connectivity index (χ3n) is 3.76. The largest absolute Gasteiger partial charge is 0.455 e. The van der Waals surface area contributed by atoms with Crippen LogP contribution in [0.5, 0.6) is 0 Å². The smallest absolute Gasteiger partial charge is 0.331 e. The van der Waals surface area contributed by atoms with Gasteiger partial charge >= 0.3 is 5.97 Å². The van der Waals surface area contributed by atoms with Crippen LogP contribution in [0.25, 0.3) is 0 Å². The first-order valence-corrected chi connectivity index (χ1v) is 7.30. The fourth-order valence-electron chi connectivity index (χ4n) is 2.68. The maximum absolute atomic E-state index is 11.6. The molecule has 3 rings (SSSR count). The van der Waals surface area contributed by atoms with Crippen LogP contribution in [-0.4, -0.2) is 12.1 Å². The van der Waals surface area contributed by atoms with E-state index in [1.165, 1.54) is 11.1 Å². The summed E-state index contributed by atoms with van der Waals surface area (Å²) in [7, 11) is 0. The van der Waals surface area contributed by atoms with E-state index in [4.69, 9.17) is 4.74 Å². The van der Waals surface area contributed by atoms with Crippen molar-refractivity contribution < 1.29 is 9.53 Å². The Morgan fingerprint density at radius 2 is 1.48 bits per heavy atom. The molecule has 0 radical (unpaired) electrons. The van der Waals surface area contributed by atoms with Crippen LogP contribution in [0.3, 0.4) is 0 Å². The summed E-state index contributed by atoms with van der Waals surface area (Å²) in [5.74, 6) is -0.209. The summed E-state index contributed by atoms with van der Waals surface area (Å²) in [6.45, 7) is 0. The first kappa shape index (κ1) is 13.6. The molecule has 0 saturated heterocycles. The number of cyclic esters (lactones) is 1. The predicted molar refractivity (Wildman–Crippen MR) is 82.9 cm³/mol. The second-order valence-corrected chi connectivity index (χ2v) is 5.33. The number of hydrogen-bond donors (Lipinski definition) is 0. The Morgan fingerprint density at radius 1 is 0.857 bits per heavy atom. The highest BCUT2D eigenvalue weighted by atomic mass is 16.5. The highest BCUT2D eigenvalue weighted by Crippen LogP contribution is 2.24. The van der Waals surface area contributed by atoms with Crippen molar-refractivity contribution in [2.45, 2.75) is 25.4 Å². The number of carbonyl (C=O) groups is 1. The van der Waals surface area contributed by atoms with Crippen LogP contribution in [0.1, 0.15) is 17.5 Å². The first-order valence-electron chi connectivity index (χ1n) is 7.30. The zero-order valence-corrected chi connectivity index (χ0v) is 11.9. The summed E-state index contributed by atoms with van der Waals surface area (Å²) in [6.07, 6.45) is 4.12. The number of aryl methyl sites for hydroxylation is 1. The van der Waals surface area contributed by atoms with E-state index < -0.39 is 0 Å². The zero-order chi connectivity index (χ0) is 14.5. The van der Waals surface area contributed by atoms with Crippen LogP contribution >= 0.6 is 0 Å². The lowest BCUT2D eigenvalue weighted by atomic mass is 9.97. The van der Waals surface area contributed by atoms with Crippen LogP contribution < -0.4 is 0 Å². The van der Waals surface area contributed by atoms with Gasteiger partial charge in [0.2, 0.25) is 0 Å². The van der Waals surface area contributed by atoms with Gasteiger partial charge in [-0.05, 0) is 36.0 Å². The van der Waals surface area contributed by atoms with Crippen molar-refractivity contribution in [1.29, 1.82) is 0 Å². The maximum atomic E-state index is 11.6. The second-order valence-electron chi connectivity index (χ2n) is 5.33. The molecule has 0 aliphatic carbocycles. The van der Waals surface area contributed by atoms with Gasteiger partial charge in [-0.3, -0.25) is 0 Å². The molecule has 1 unspecified atom stereocenters. The van der Waals surface area contributed by atoms with Gasteiger partial charge in [0.1, 0.15) is 6.10 Å². The lowest BCUT2D eigenvalue weighted by Gasteiger charge is -2.14. The van der Waals surface area contributed by atoms with Gasteiger partial charge in [0.05, 0.1) is 0 Å². The molecule has 0 N–H and O–H groups in total. The van der Waals surface area contributed by atoms with Crippen LogP contribution in [-0.2, 0) is 22.4 Å². The van der Waals surface area contributed by atoms with Crippen molar-refractivity contribution in [1.82, 2.24) is 0 Å². The minimum atomic E-state index is -0.209. The molecule has 1 atom stereocenters. The number of benzene rings is 2. The maximum Gasteiger partial charge on any atom is 0.331 e. The monoisotopic (exact) mass is 278 g/mol. The summed E-state index contributed by atoms with van der Waals surface area (Å²) >= 11 is 0. The summed E-state index contributed by atoms with van der Waals surface area (Å²) in [5, 5.41) is 0. The van der Waals surface area contributed by atoms with Crippen LogP contribution in [0, 0.1) is 0 Å². The summed E-state index contributed by atoms with van der Waals surface area (Å²) in [6, 6.07) is 20.5. The molecule has 0 amide bonds.